The number of amides is 1. The first-order chi connectivity index (χ1) is 11.8. The molecule has 0 radical (unpaired) electrons. The van der Waals surface area contributed by atoms with E-state index in [0.29, 0.717) is 52.1 Å². The van der Waals surface area contributed by atoms with Gasteiger partial charge in [-0.05, 0) is 50.2 Å². The second-order valence-corrected chi connectivity index (χ2v) is 9.10. The van der Waals surface area contributed by atoms with Crippen molar-refractivity contribution >= 4 is 46.2 Å². The van der Waals surface area contributed by atoms with Crippen molar-refractivity contribution in [3.8, 4) is 0 Å². The van der Waals surface area contributed by atoms with Crippen molar-refractivity contribution in [3.05, 3.63) is 30.1 Å². The Kier molecular flexibility index (Phi) is 8.34. The average Bonchev–Trinajstić information content (AvgIpc) is 2.61. The number of halogens is 3. The van der Waals surface area contributed by atoms with Crippen molar-refractivity contribution in [2.24, 2.45) is 0 Å². The lowest BCUT2D eigenvalue weighted by Crippen LogP contribution is -2.61. The Morgan fingerprint density at radius 2 is 1.56 bits per heavy atom. The molecule has 1 amide bonds. The van der Waals surface area contributed by atoms with Crippen molar-refractivity contribution < 1.29 is 17.6 Å². The Labute approximate surface area is 172 Å². The molecule has 0 atom stereocenters. The molecule has 2 aliphatic heterocycles. The first kappa shape index (κ1) is 23.9. The first-order valence-electron chi connectivity index (χ1n) is 8.54. The molecule has 3 rings (SSSR count). The molecule has 27 heavy (non-hydrogen) atoms. The van der Waals surface area contributed by atoms with Crippen molar-refractivity contribution in [1.82, 2.24) is 10.2 Å². The van der Waals surface area contributed by atoms with Crippen LogP contribution >= 0.6 is 24.8 Å². The number of hydrogen-bond acceptors (Lipinski definition) is 5. The predicted molar refractivity (Wildman–Crippen MR) is 109 cm³/mol. The highest BCUT2D eigenvalue weighted by Crippen LogP contribution is 2.31. The molecule has 0 unspecified atom stereocenters. The summed E-state index contributed by atoms with van der Waals surface area (Å²) >= 11 is 0. The van der Waals surface area contributed by atoms with Gasteiger partial charge < -0.3 is 15.1 Å². The molecule has 2 saturated heterocycles. The summed E-state index contributed by atoms with van der Waals surface area (Å²) in [6.07, 6.45) is 1.82. The smallest absolute Gasteiger partial charge is 0.244 e. The van der Waals surface area contributed by atoms with Crippen molar-refractivity contribution in [2.45, 2.75) is 17.6 Å². The maximum atomic E-state index is 13.1. The average molecular weight is 442 g/mol. The van der Waals surface area contributed by atoms with Crippen molar-refractivity contribution in [3.63, 3.8) is 0 Å². The summed E-state index contributed by atoms with van der Waals surface area (Å²) in [6, 6.07) is 6.27. The normalized spacial score (nSPS) is 19.6. The van der Waals surface area contributed by atoms with Gasteiger partial charge in [-0.3, -0.25) is 4.79 Å². The van der Waals surface area contributed by atoms with Crippen molar-refractivity contribution in [1.29, 1.82) is 0 Å². The number of nitrogens with zero attached hydrogens (tertiary/aromatic N) is 2. The second kappa shape index (κ2) is 9.41. The van der Waals surface area contributed by atoms with Gasteiger partial charge in [-0.15, -0.1) is 24.8 Å². The third-order valence-corrected chi connectivity index (χ3v) is 7.27. The summed E-state index contributed by atoms with van der Waals surface area (Å²) in [5, 5.41) is 3.13. The summed E-state index contributed by atoms with van der Waals surface area (Å²) in [6.45, 7) is 3.23. The zero-order valence-corrected chi connectivity index (χ0v) is 17.6. The van der Waals surface area contributed by atoms with E-state index in [0.717, 1.165) is 5.69 Å². The summed E-state index contributed by atoms with van der Waals surface area (Å²) in [5.74, 6) is -0.547. The quantitative estimate of drug-likeness (QED) is 0.768. The van der Waals surface area contributed by atoms with Gasteiger partial charge >= 0.3 is 0 Å². The summed E-state index contributed by atoms with van der Waals surface area (Å²) < 4.78 is 36.5. The zero-order chi connectivity index (χ0) is 18.1. The molecule has 154 valence electrons. The van der Waals surface area contributed by atoms with Gasteiger partial charge in [0.15, 0.2) is 14.6 Å². The van der Waals surface area contributed by atoms with E-state index in [1.54, 1.807) is 17.0 Å². The highest BCUT2D eigenvalue weighted by Gasteiger charge is 2.50. The molecule has 10 heteroatoms. The molecule has 0 spiro atoms. The minimum Gasteiger partial charge on any atom is -0.368 e. The van der Waals surface area contributed by atoms with E-state index in [1.807, 2.05) is 0 Å². The van der Waals surface area contributed by atoms with Gasteiger partial charge in [0, 0.05) is 38.1 Å². The zero-order valence-electron chi connectivity index (χ0n) is 15.2. The lowest BCUT2D eigenvalue weighted by atomic mass is 9.94. The number of rotatable bonds is 3. The van der Waals surface area contributed by atoms with E-state index >= 15 is 0 Å². The van der Waals surface area contributed by atoms with Crippen LogP contribution in [0.1, 0.15) is 12.8 Å². The van der Waals surface area contributed by atoms with Gasteiger partial charge in [-0.1, -0.05) is 0 Å². The molecule has 1 N–H and O–H groups in total. The largest absolute Gasteiger partial charge is 0.368 e. The standard InChI is InChI=1S/C17H24FN3O3S.2ClH/c1-25(23,24)17(6-8-19-9-7-17)16(22)21-12-10-20(11-13-21)15-4-2-14(18)3-5-15;;/h2-5,19H,6-13H2,1H3;2*1H. The van der Waals surface area contributed by atoms with E-state index in [9.17, 15) is 17.6 Å². The fourth-order valence-electron chi connectivity index (χ4n) is 3.68. The molecule has 1 aromatic rings. The maximum Gasteiger partial charge on any atom is 0.244 e. The summed E-state index contributed by atoms with van der Waals surface area (Å²) in [4.78, 5) is 16.8. The van der Waals surface area contributed by atoms with Gasteiger partial charge in [0.25, 0.3) is 0 Å². The minimum atomic E-state index is -3.49. The van der Waals surface area contributed by atoms with Crippen LogP contribution in [0.15, 0.2) is 24.3 Å². The van der Waals surface area contributed by atoms with E-state index in [2.05, 4.69) is 10.2 Å². The molecule has 0 aromatic heterocycles. The SMILES string of the molecule is CS(=O)(=O)C1(C(=O)N2CCN(c3ccc(F)cc3)CC2)CCNCC1.Cl.Cl. The molecule has 0 bridgehead atoms. The number of hydrogen-bond donors (Lipinski definition) is 1. The Morgan fingerprint density at radius 3 is 2.04 bits per heavy atom. The number of carbonyl (C=O) groups is 1. The number of sulfone groups is 1. The van der Waals surface area contributed by atoms with Crippen LogP contribution in [0.2, 0.25) is 0 Å². The highest BCUT2D eigenvalue weighted by molar-refractivity contribution is 7.92. The Balaban J connectivity index is 0.00000182. The van der Waals surface area contributed by atoms with Gasteiger partial charge in [-0.2, -0.15) is 0 Å². The maximum absolute atomic E-state index is 13.1. The second-order valence-electron chi connectivity index (χ2n) is 6.77. The summed E-state index contributed by atoms with van der Waals surface area (Å²) in [5.41, 5.74) is 0.910. The fraction of sp³-hybridized carbons (Fsp3) is 0.588. The van der Waals surface area contributed by atoms with Gasteiger partial charge in [-0.25, -0.2) is 12.8 Å². The molecular formula is C17H26Cl2FN3O3S. The molecule has 2 heterocycles. The van der Waals surface area contributed by atoms with Crippen LogP contribution in [-0.4, -0.2) is 69.5 Å². The van der Waals surface area contributed by atoms with E-state index in [1.165, 1.54) is 18.4 Å². The van der Waals surface area contributed by atoms with Crippen LogP contribution in [0.4, 0.5) is 10.1 Å². The lowest BCUT2D eigenvalue weighted by molar-refractivity contribution is -0.135. The number of piperazine rings is 1. The highest BCUT2D eigenvalue weighted by atomic mass is 35.5. The van der Waals surface area contributed by atoms with Crippen LogP contribution in [-0.2, 0) is 14.6 Å². The lowest BCUT2D eigenvalue weighted by Gasteiger charge is -2.42. The van der Waals surface area contributed by atoms with E-state index < -0.39 is 14.6 Å². The molecule has 0 saturated carbocycles. The Bertz CT molecular complexity index is 732. The number of nitrogens with one attached hydrogen (secondary N) is 1. The number of carbonyl (C=O) groups excluding carboxylic acids is 1. The molecule has 6 nitrogen and oxygen atoms in total. The van der Waals surface area contributed by atoms with Gasteiger partial charge in [0.1, 0.15) is 5.82 Å². The molecule has 2 aliphatic rings. The van der Waals surface area contributed by atoms with E-state index in [-0.39, 0.29) is 36.5 Å². The Hall–Kier alpha value is -1.09. The minimum absolute atomic E-state index is 0. The van der Waals surface area contributed by atoms with Crippen LogP contribution in [0.25, 0.3) is 0 Å². The predicted octanol–water partition coefficient (Wildman–Crippen LogP) is 1.48. The first-order valence-corrected chi connectivity index (χ1v) is 10.4. The van der Waals surface area contributed by atoms with Crippen molar-refractivity contribution in [2.75, 3.05) is 50.4 Å². The number of benzene rings is 1. The fourth-order valence-corrected chi connectivity index (χ4v) is 5.07. The molecular weight excluding hydrogens is 416 g/mol. The van der Waals surface area contributed by atoms with Crippen LogP contribution in [0.3, 0.4) is 0 Å². The molecule has 1 aromatic carbocycles. The van der Waals surface area contributed by atoms with Crippen LogP contribution < -0.4 is 10.2 Å². The number of anilines is 1. The van der Waals surface area contributed by atoms with Gasteiger partial charge in [0.2, 0.25) is 5.91 Å². The van der Waals surface area contributed by atoms with Crippen LogP contribution in [0, 0.1) is 5.82 Å². The third-order valence-electron chi connectivity index (χ3n) is 5.27. The molecule has 0 aliphatic carbocycles. The Morgan fingerprint density at radius 1 is 1.04 bits per heavy atom. The number of piperidine rings is 1. The monoisotopic (exact) mass is 441 g/mol. The summed E-state index contributed by atoms with van der Waals surface area (Å²) in [7, 11) is -3.49. The topological polar surface area (TPSA) is 69.7 Å². The van der Waals surface area contributed by atoms with E-state index in [4.69, 9.17) is 0 Å². The van der Waals surface area contributed by atoms with Crippen LogP contribution in [0.5, 0.6) is 0 Å². The molecule has 2 fully saturated rings. The van der Waals surface area contributed by atoms with Gasteiger partial charge in [0.05, 0.1) is 0 Å². The third kappa shape index (κ3) is 4.85.